The first-order chi connectivity index (χ1) is 8.85. The third kappa shape index (κ3) is 2.53. The second-order valence-corrected chi connectivity index (χ2v) is 6.92. The molecule has 92 valence electrons. The van der Waals surface area contributed by atoms with E-state index in [-0.39, 0.29) is 0 Å². The smallest absolute Gasteiger partial charge is 0.150 e. The summed E-state index contributed by atoms with van der Waals surface area (Å²) < 4.78 is 2.37. The Morgan fingerprint density at radius 2 is 2.28 bits per heavy atom. The third-order valence-corrected chi connectivity index (χ3v) is 5.47. The number of thiazole rings is 1. The fourth-order valence-corrected chi connectivity index (χ4v) is 3.88. The highest BCUT2D eigenvalue weighted by Crippen LogP contribution is 2.30. The lowest BCUT2D eigenvalue weighted by Crippen LogP contribution is -1.96. The molecule has 0 aliphatic rings. The third-order valence-electron chi connectivity index (χ3n) is 2.59. The first-order valence-corrected chi connectivity index (χ1v) is 8.48. The van der Waals surface area contributed by atoms with E-state index in [1.165, 1.54) is 9.58 Å². The summed E-state index contributed by atoms with van der Waals surface area (Å²) in [6, 6.07) is 10.6. The highest BCUT2D eigenvalue weighted by molar-refractivity contribution is 8.00. The van der Waals surface area contributed by atoms with Crippen LogP contribution in [0.4, 0.5) is 5.69 Å². The first-order valence-electron chi connectivity index (χ1n) is 5.56. The zero-order chi connectivity index (χ0) is 12.4. The molecule has 0 unspecified atom stereocenters. The van der Waals surface area contributed by atoms with Gasteiger partial charge in [-0.15, -0.1) is 22.7 Å². The van der Waals surface area contributed by atoms with Crippen molar-refractivity contribution in [2.24, 2.45) is 0 Å². The lowest BCUT2D eigenvalue weighted by Gasteiger charge is -2.04. The van der Waals surface area contributed by atoms with Crippen LogP contribution in [-0.4, -0.2) is 11.2 Å². The van der Waals surface area contributed by atoms with Crippen molar-refractivity contribution in [3.63, 3.8) is 0 Å². The highest BCUT2D eigenvalue weighted by atomic mass is 32.2. The van der Waals surface area contributed by atoms with E-state index >= 15 is 0 Å². The quantitative estimate of drug-likeness (QED) is 0.706. The molecular formula is C13H12N2S3. The number of aromatic nitrogens is 1. The first kappa shape index (κ1) is 12.0. The molecule has 18 heavy (non-hydrogen) atoms. The number of fused-ring (bicyclic) bond motifs is 1. The van der Waals surface area contributed by atoms with E-state index in [1.807, 2.05) is 0 Å². The van der Waals surface area contributed by atoms with Crippen LogP contribution in [-0.2, 0) is 6.54 Å². The molecule has 0 amide bonds. The maximum atomic E-state index is 4.54. The van der Waals surface area contributed by atoms with Crippen molar-refractivity contribution in [2.45, 2.75) is 10.9 Å². The minimum Gasteiger partial charge on any atom is -0.380 e. The summed E-state index contributed by atoms with van der Waals surface area (Å²) in [6.07, 6.45) is 2.06. The van der Waals surface area contributed by atoms with Gasteiger partial charge in [-0.3, -0.25) is 0 Å². The van der Waals surface area contributed by atoms with Gasteiger partial charge in [0.2, 0.25) is 0 Å². The van der Waals surface area contributed by atoms with Gasteiger partial charge in [0, 0.05) is 17.1 Å². The predicted octanol–water partition coefficient (Wildman–Crippen LogP) is 4.69. The lowest BCUT2D eigenvalue weighted by atomic mass is 10.3. The van der Waals surface area contributed by atoms with Crippen LogP contribution in [0.3, 0.4) is 0 Å². The minimum absolute atomic E-state index is 0.886. The molecule has 1 N–H and O–H groups in total. The van der Waals surface area contributed by atoms with Crippen molar-refractivity contribution < 1.29 is 0 Å². The normalized spacial score (nSPS) is 10.9. The van der Waals surface area contributed by atoms with Crippen molar-refractivity contribution in [3.8, 4) is 0 Å². The summed E-state index contributed by atoms with van der Waals surface area (Å²) in [5, 5.41) is 5.55. The van der Waals surface area contributed by atoms with Gasteiger partial charge in [-0.1, -0.05) is 17.8 Å². The van der Waals surface area contributed by atoms with E-state index in [9.17, 15) is 0 Å². The maximum absolute atomic E-state index is 4.54. The van der Waals surface area contributed by atoms with Gasteiger partial charge >= 0.3 is 0 Å². The SMILES string of the molecule is CSc1nc2ccc(NCc3cccs3)cc2s1. The molecule has 0 spiro atoms. The van der Waals surface area contributed by atoms with E-state index < -0.39 is 0 Å². The number of hydrogen-bond acceptors (Lipinski definition) is 5. The molecule has 0 saturated heterocycles. The van der Waals surface area contributed by atoms with E-state index in [0.29, 0.717) is 0 Å². The van der Waals surface area contributed by atoms with Crippen LogP contribution in [0.15, 0.2) is 40.1 Å². The molecule has 0 bridgehead atoms. The molecule has 1 aromatic carbocycles. The highest BCUT2D eigenvalue weighted by Gasteiger charge is 2.03. The van der Waals surface area contributed by atoms with Crippen molar-refractivity contribution in [2.75, 3.05) is 11.6 Å². The predicted molar refractivity (Wildman–Crippen MR) is 83.0 cm³/mol. The van der Waals surface area contributed by atoms with Crippen LogP contribution in [0, 0.1) is 0 Å². The zero-order valence-electron chi connectivity index (χ0n) is 9.84. The molecule has 3 aromatic rings. The molecule has 5 heteroatoms. The topological polar surface area (TPSA) is 24.9 Å². The average molecular weight is 292 g/mol. The Bertz CT molecular complexity index is 643. The lowest BCUT2D eigenvalue weighted by molar-refractivity contribution is 1.19. The Morgan fingerprint density at radius 1 is 1.33 bits per heavy atom. The number of nitrogens with one attached hydrogen (secondary N) is 1. The number of thiophene rings is 1. The van der Waals surface area contributed by atoms with Gasteiger partial charge in [-0.25, -0.2) is 4.98 Å². The number of benzene rings is 1. The molecule has 2 heterocycles. The van der Waals surface area contributed by atoms with E-state index in [4.69, 9.17) is 0 Å². The molecule has 0 saturated carbocycles. The summed E-state index contributed by atoms with van der Waals surface area (Å²) in [7, 11) is 0. The van der Waals surface area contributed by atoms with E-state index in [1.54, 1.807) is 34.4 Å². The molecule has 0 aliphatic heterocycles. The second kappa shape index (κ2) is 5.30. The zero-order valence-corrected chi connectivity index (χ0v) is 12.3. The minimum atomic E-state index is 0.886. The van der Waals surface area contributed by atoms with Gasteiger partial charge in [-0.2, -0.15) is 0 Å². The van der Waals surface area contributed by atoms with Gasteiger partial charge in [0.1, 0.15) is 0 Å². The molecule has 0 radical (unpaired) electrons. The van der Waals surface area contributed by atoms with Crippen molar-refractivity contribution in [1.29, 1.82) is 0 Å². The Kier molecular flexibility index (Phi) is 3.54. The summed E-state index contributed by atoms with van der Waals surface area (Å²) in [5.74, 6) is 0. The van der Waals surface area contributed by atoms with Crippen LogP contribution in [0.2, 0.25) is 0 Å². The largest absolute Gasteiger partial charge is 0.380 e. The van der Waals surface area contributed by atoms with Gasteiger partial charge < -0.3 is 5.32 Å². The molecular weight excluding hydrogens is 280 g/mol. The van der Waals surface area contributed by atoms with Gasteiger partial charge in [0.25, 0.3) is 0 Å². The van der Waals surface area contributed by atoms with Crippen LogP contribution >= 0.6 is 34.4 Å². The maximum Gasteiger partial charge on any atom is 0.150 e. The number of anilines is 1. The Morgan fingerprint density at radius 3 is 3.06 bits per heavy atom. The van der Waals surface area contributed by atoms with Gasteiger partial charge in [-0.05, 0) is 35.9 Å². The van der Waals surface area contributed by atoms with Crippen molar-refractivity contribution in [1.82, 2.24) is 4.98 Å². The molecule has 0 aliphatic carbocycles. The summed E-state index contributed by atoms with van der Waals surface area (Å²) in [5.41, 5.74) is 2.25. The summed E-state index contributed by atoms with van der Waals surface area (Å²) >= 11 is 5.23. The van der Waals surface area contributed by atoms with Gasteiger partial charge in [0.15, 0.2) is 4.34 Å². The molecule has 2 aromatic heterocycles. The van der Waals surface area contributed by atoms with Crippen molar-refractivity contribution in [3.05, 3.63) is 40.6 Å². The van der Waals surface area contributed by atoms with E-state index in [0.717, 1.165) is 22.1 Å². The van der Waals surface area contributed by atoms with Crippen LogP contribution in [0.25, 0.3) is 10.2 Å². The molecule has 2 nitrogen and oxygen atoms in total. The Balaban J connectivity index is 1.80. The summed E-state index contributed by atoms with van der Waals surface area (Å²) in [6.45, 7) is 0.886. The molecule has 3 rings (SSSR count). The average Bonchev–Trinajstić information content (AvgIpc) is 3.04. The monoisotopic (exact) mass is 292 g/mol. The number of thioether (sulfide) groups is 1. The Hall–Kier alpha value is -1.04. The molecule has 0 atom stereocenters. The fraction of sp³-hybridized carbons (Fsp3) is 0.154. The molecule has 0 fully saturated rings. The van der Waals surface area contributed by atoms with Crippen LogP contribution < -0.4 is 5.32 Å². The second-order valence-electron chi connectivity index (χ2n) is 3.80. The Labute approximate surface area is 118 Å². The van der Waals surface area contributed by atoms with Crippen molar-refractivity contribution >= 4 is 50.3 Å². The fourth-order valence-electron chi connectivity index (χ4n) is 1.70. The number of hydrogen-bond donors (Lipinski definition) is 1. The number of rotatable bonds is 4. The van der Waals surface area contributed by atoms with Crippen LogP contribution in [0.5, 0.6) is 0 Å². The van der Waals surface area contributed by atoms with Gasteiger partial charge in [0.05, 0.1) is 10.2 Å². The van der Waals surface area contributed by atoms with E-state index in [2.05, 4.69) is 52.3 Å². The standard InChI is InChI=1S/C13H12N2S3/c1-16-13-15-11-5-4-9(7-12(11)18-13)14-8-10-3-2-6-17-10/h2-7,14H,8H2,1H3. The number of nitrogens with zero attached hydrogens (tertiary/aromatic N) is 1. The summed E-state index contributed by atoms with van der Waals surface area (Å²) in [4.78, 5) is 5.89. The van der Waals surface area contributed by atoms with Crippen LogP contribution in [0.1, 0.15) is 4.88 Å².